The average molecular weight is 278 g/mol. The van der Waals surface area contributed by atoms with E-state index in [1.165, 1.54) is 12.8 Å². The molecular formula is C15H22N2OS. The maximum absolute atomic E-state index is 12.4. The summed E-state index contributed by atoms with van der Waals surface area (Å²) in [5, 5.41) is 0.884. The minimum atomic E-state index is -0.0479. The zero-order chi connectivity index (χ0) is 13.7. The number of hydrogen-bond donors (Lipinski definition) is 0. The first-order chi connectivity index (χ1) is 9.16. The van der Waals surface area contributed by atoms with Gasteiger partial charge in [-0.05, 0) is 38.3 Å². The number of carbonyl (C=O) groups is 1. The Morgan fingerprint density at radius 1 is 1.26 bits per heavy atom. The summed E-state index contributed by atoms with van der Waals surface area (Å²) < 4.78 is 0. The third-order valence-electron chi connectivity index (χ3n) is 3.45. The van der Waals surface area contributed by atoms with Crippen molar-refractivity contribution in [3.63, 3.8) is 0 Å². The summed E-state index contributed by atoms with van der Waals surface area (Å²) in [6, 6.07) is 4.03. The quantitative estimate of drug-likeness (QED) is 0.796. The van der Waals surface area contributed by atoms with E-state index >= 15 is 0 Å². The van der Waals surface area contributed by atoms with Crippen LogP contribution < -0.4 is 0 Å². The summed E-state index contributed by atoms with van der Waals surface area (Å²) in [5.74, 6) is 0.259. The van der Waals surface area contributed by atoms with Gasteiger partial charge in [-0.25, -0.2) is 4.98 Å². The molecule has 0 saturated carbocycles. The van der Waals surface area contributed by atoms with Gasteiger partial charge in [-0.15, -0.1) is 0 Å². The highest BCUT2D eigenvalue weighted by Crippen LogP contribution is 2.23. The molecule has 1 fully saturated rings. The minimum absolute atomic E-state index is 0.0479. The van der Waals surface area contributed by atoms with Crippen LogP contribution in [0.3, 0.4) is 0 Å². The first-order valence-electron chi connectivity index (χ1n) is 7.05. The van der Waals surface area contributed by atoms with Gasteiger partial charge in [0.15, 0.2) is 0 Å². The molecule has 4 heteroatoms. The summed E-state index contributed by atoms with van der Waals surface area (Å²) in [4.78, 5) is 18.8. The van der Waals surface area contributed by atoms with Crippen molar-refractivity contribution >= 4 is 17.7 Å². The Hall–Kier alpha value is -1.03. The fraction of sp³-hybridized carbons (Fsp3) is 0.600. The van der Waals surface area contributed by atoms with Crippen molar-refractivity contribution in [1.29, 1.82) is 0 Å². The van der Waals surface area contributed by atoms with Gasteiger partial charge in [0.1, 0.15) is 0 Å². The van der Waals surface area contributed by atoms with Crippen molar-refractivity contribution in [3.8, 4) is 0 Å². The lowest BCUT2D eigenvalue weighted by molar-refractivity contribution is -0.130. The van der Waals surface area contributed by atoms with Gasteiger partial charge >= 0.3 is 0 Å². The molecule has 0 N–H and O–H groups in total. The van der Waals surface area contributed by atoms with Crippen LogP contribution in [-0.2, 0) is 4.79 Å². The van der Waals surface area contributed by atoms with Gasteiger partial charge in [-0.1, -0.05) is 30.7 Å². The lowest BCUT2D eigenvalue weighted by Gasteiger charge is -2.23. The van der Waals surface area contributed by atoms with E-state index in [0.717, 1.165) is 36.5 Å². The summed E-state index contributed by atoms with van der Waals surface area (Å²) in [7, 11) is 0. The van der Waals surface area contributed by atoms with Crippen LogP contribution in [0.15, 0.2) is 23.4 Å². The molecule has 0 aromatic carbocycles. The topological polar surface area (TPSA) is 33.2 Å². The van der Waals surface area contributed by atoms with Crippen LogP contribution in [0.25, 0.3) is 0 Å². The highest BCUT2D eigenvalue weighted by molar-refractivity contribution is 8.00. The van der Waals surface area contributed by atoms with Crippen LogP contribution in [0.5, 0.6) is 0 Å². The zero-order valence-electron chi connectivity index (χ0n) is 11.8. The SMILES string of the molecule is Cc1ccc(SC(C)C(=O)N2CCCCCC2)nc1. The number of aryl methyl sites for hydroxylation is 1. The predicted octanol–water partition coefficient (Wildman–Crippen LogP) is 3.27. The number of aromatic nitrogens is 1. The van der Waals surface area contributed by atoms with Gasteiger partial charge in [-0.3, -0.25) is 4.79 Å². The number of likely N-dealkylation sites (tertiary alicyclic amines) is 1. The fourth-order valence-corrected chi connectivity index (χ4v) is 3.18. The first-order valence-corrected chi connectivity index (χ1v) is 7.93. The molecule has 104 valence electrons. The molecule has 1 unspecified atom stereocenters. The number of rotatable bonds is 3. The molecule has 2 rings (SSSR count). The largest absolute Gasteiger partial charge is 0.342 e. The summed E-state index contributed by atoms with van der Waals surface area (Å²) >= 11 is 1.56. The van der Waals surface area contributed by atoms with Gasteiger partial charge in [0.25, 0.3) is 0 Å². The van der Waals surface area contributed by atoms with Crippen molar-refractivity contribution in [2.75, 3.05) is 13.1 Å². The van der Waals surface area contributed by atoms with E-state index in [9.17, 15) is 4.79 Å². The average Bonchev–Trinajstić information content (AvgIpc) is 2.69. The third kappa shape index (κ3) is 4.23. The molecular weight excluding hydrogens is 256 g/mol. The molecule has 1 aromatic rings. The molecule has 19 heavy (non-hydrogen) atoms. The van der Waals surface area contributed by atoms with E-state index in [1.54, 1.807) is 11.8 Å². The Kier molecular flexibility index (Phi) is 5.25. The van der Waals surface area contributed by atoms with Crippen LogP contribution in [0.2, 0.25) is 0 Å². The second-order valence-electron chi connectivity index (χ2n) is 5.17. The van der Waals surface area contributed by atoms with Gasteiger partial charge in [0.05, 0.1) is 10.3 Å². The van der Waals surface area contributed by atoms with Gasteiger partial charge in [0, 0.05) is 19.3 Å². The molecule has 0 bridgehead atoms. The molecule has 0 spiro atoms. The van der Waals surface area contributed by atoms with Crippen molar-refractivity contribution in [3.05, 3.63) is 23.9 Å². The van der Waals surface area contributed by atoms with Crippen molar-refractivity contribution < 1.29 is 4.79 Å². The normalized spacial score (nSPS) is 17.9. The summed E-state index contributed by atoms with van der Waals surface area (Å²) in [6.07, 6.45) is 6.65. The number of carbonyl (C=O) groups excluding carboxylic acids is 1. The van der Waals surface area contributed by atoms with E-state index < -0.39 is 0 Å². The van der Waals surface area contributed by atoms with Crippen LogP contribution >= 0.6 is 11.8 Å². The first kappa shape index (κ1) is 14.4. The summed E-state index contributed by atoms with van der Waals surface area (Å²) in [5.41, 5.74) is 1.15. The molecule has 0 radical (unpaired) electrons. The Bertz CT molecular complexity index is 411. The number of nitrogens with zero attached hydrogens (tertiary/aromatic N) is 2. The lowest BCUT2D eigenvalue weighted by Crippen LogP contribution is -2.37. The van der Waals surface area contributed by atoms with E-state index in [4.69, 9.17) is 0 Å². The van der Waals surface area contributed by atoms with Crippen molar-refractivity contribution in [2.24, 2.45) is 0 Å². The van der Waals surface area contributed by atoms with Crippen molar-refractivity contribution in [2.45, 2.75) is 49.8 Å². The molecule has 1 amide bonds. The Morgan fingerprint density at radius 3 is 2.53 bits per heavy atom. The van der Waals surface area contributed by atoms with Crippen molar-refractivity contribution in [1.82, 2.24) is 9.88 Å². The van der Waals surface area contributed by atoms with Gasteiger partial charge in [0.2, 0.25) is 5.91 Å². The van der Waals surface area contributed by atoms with E-state index in [2.05, 4.69) is 4.98 Å². The second-order valence-corrected chi connectivity index (χ2v) is 6.53. The fourth-order valence-electron chi connectivity index (χ4n) is 2.30. The van der Waals surface area contributed by atoms with E-state index in [0.29, 0.717) is 0 Å². The monoisotopic (exact) mass is 278 g/mol. The predicted molar refractivity (Wildman–Crippen MR) is 79.3 cm³/mol. The highest BCUT2D eigenvalue weighted by Gasteiger charge is 2.22. The highest BCUT2D eigenvalue weighted by atomic mass is 32.2. The molecule has 1 aliphatic heterocycles. The molecule has 1 aliphatic rings. The molecule has 3 nitrogen and oxygen atoms in total. The Balaban J connectivity index is 1.92. The second kappa shape index (κ2) is 6.94. The number of pyridine rings is 1. The van der Waals surface area contributed by atoms with Gasteiger partial charge < -0.3 is 4.90 Å². The Labute approximate surface area is 119 Å². The molecule has 0 aliphatic carbocycles. The molecule has 1 aromatic heterocycles. The third-order valence-corrected chi connectivity index (χ3v) is 4.49. The van der Waals surface area contributed by atoms with E-state index in [-0.39, 0.29) is 11.2 Å². The molecule has 2 heterocycles. The Morgan fingerprint density at radius 2 is 1.95 bits per heavy atom. The van der Waals surface area contributed by atoms with Crippen LogP contribution in [0, 0.1) is 6.92 Å². The van der Waals surface area contributed by atoms with Crippen LogP contribution in [0.1, 0.15) is 38.2 Å². The lowest BCUT2D eigenvalue weighted by atomic mass is 10.2. The van der Waals surface area contributed by atoms with Crippen LogP contribution in [0.4, 0.5) is 0 Å². The summed E-state index contributed by atoms with van der Waals surface area (Å²) in [6.45, 7) is 5.85. The maximum Gasteiger partial charge on any atom is 0.235 e. The zero-order valence-corrected chi connectivity index (χ0v) is 12.6. The molecule has 1 saturated heterocycles. The molecule has 1 atom stereocenters. The standard InChI is InChI=1S/C15H22N2OS/c1-12-7-8-14(16-11-12)19-13(2)15(18)17-9-5-3-4-6-10-17/h7-8,11,13H,3-6,9-10H2,1-2H3. The number of hydrogen-bond acceptors (Lipinski definition) is 3. The smallest absolute Gasteiger partial charge is 0.235 e. The van der Waals surface area contributed by atoms with E-state index in [1.807, 2.05) is 37.1 Å². The number of thioether (sulfide) groups is 1. The minimum Gasteiger partial charge on any atom is -0.342 e. The van der Waals surface area contributed by atoms with Crippen LogP contribution in [-0.4, -0.2) is 34.1 Å². The number of amides is 1. The van der Waals surface area contributed by atoms with Gasteiger partial charge in [-0.2, -0.15) is 0 Å². The maximum atomic E-state index is 12.4.